The number of para-hydroxylation sites is 4. The molecule has 0 aliphatic rings. The van der Waals surface area contributed by atoms with Gasteiger partial charge in [-0.15, -0.1) is 0 Å². The Kier molecular flexibility index (Phi) is 7.58. The first-order chi connectivity index (χ1) is 26.8. The summed E-state index contributed by atoms with van der Waals surface area (Å²) in [6.45, 7) is 0. The fourth-order valence-electron chi connectivity index (χ4n) is 6.99. The first kappa shape index (κ1) is 31.1. The van der Waals surface area contributed by atoms with Gasteiger partial charge in [0.25, 0.3) is 0 Å². The van der Waals surface area contributed by atoms with Crippen LogP contribution < -0.4 is 0 Å². The van der Waals surface area contributed by atoms with Gasteiger partial charge in [-0.2, -0.15) is 0 Å². The molecule has 0 amide bonds. The summed E-state index contributed by atoms with van der Waals surface area (Å²) in [6.07, 6.45) is 7.25. The number of imidazole rings is 2. The highest BCUT2D eigenvalue weighted by molar-refractivity contribution is 5.90. The van der Waals surface area contributed by atoms with Crippen LogP contribution in [0, 0.1) is 0 Å². The lowest BCUT2D eigenvalue weighted by atomic mass is 10.0. The molecule has 10 rings (SSSR count). The van der Waals surface area contributed by atoms with Crippen molar-refractivity contribution in [1.82, 2.24) is 44.0 Å². The van der Waals surface area contributed by atoms with Gasteiger partial charge in [0.15, 0.2) is 17.5 Å². The van der Waals surface area contributed by atoms with Crippen LogP contribution in [0.25, 0.3) is 90.4 Å². The summed E-state index contributed by atoms with van der Waals surface area (Å²) in [5.41, 5.74) is 9.77. The van der Waals surface area contributed by atoms with Crippen LogP contribution in [-0.2, 0) is 0 Å². The second-order valence-corrected chi connectivity index (χ2v) is 12.7. The molecular weight excluding hydrogens is 667 g/mol. The van der Waals surface area contributed by atoms with Crippen LogP contribution in [0.15, 0.2) is 176 Å². The number of fused-ring (bicyclic) bond motifs is 2. The van der Waals surface area contributed by atoms with E-state index in [-0.39, 0.29) is 0 Å². The average molecular weight is 696 g/mol. The molecule has 9 heteroatoms. The van der Waals surface area contributed by atoms with Gasteiger partial charge in [-0.25, -0.2) is 24.9 Å². The van der Waals surface area contributed by atoms with Gasteiger partial charge in [0, 0.05) is 40.2 Å². The number of pyridine rings is 2. The topological polar surface area (TPSA) is 100 Å². The largest absolute Gasteiger partial charge is 0.291 e. The van der Waals surface area contributed by atoms with Gasteiger partial charge in [-0.05, 0) is 48.5 Å². The van der Waals surface area contributed by atoms with Crippen molar-refractivity contribution in [2.75, 3.05) is 0 Å². The van der Waals surface area contributed by atoms with E-state index in [9.17, 15) is 0 Å². The molecule has 0 N–H and O–H groups in total. The Labute approximate surface area is 310 Å². The van der Waals surface area contributed by atoms with Gasteiger partial charge >= 0.3 is 0 Å². The Bertz CT molecular complexity index is 2760. The SMILES string of the molecule is c1ccc(-c2nc(-c3ccccc3-c3nc4ccccc4n3-c3cccnc3)nc(-c3ccccc3-c3nc4ccccc4n3-c3cccnc3)n2)cc1. The number of nitrogens with zero attached hydrogens (tertiary/aromatic N) is 9. The molecule has 5 aromatic carbocycles. The van der Waals surface area contributed by atoms with Crippen LogP contribution in [0.4, 0.5) is 0 Å². The zero-order valence-electron chi connectivity index (χ0n) is 28.8. The fraction of sp³-hybridized carbons (Fsp3) is 0. The van der Waals surface area contributed by atoms with Gasteiger partial charge in [-0.3, -0.25) is 19.1 Å². The molecule has 0 spiro atoms. The maximum Gasteiger partial charge on any atom is 0.164 e. The highest BCUT2D eigenvalue weighted by Gasteiger charge is 2.23. The molecule has 254 valence electrons. The van der Waals surface area contributed by atoms with Crippen LogP contribution >= 0.6 is 0 Å². The van der Waals surface area contributed by atoms with Gasteiger partial charge < -0.3 is 0 Å². The Hall–Kier alpha value is -7.65. The smallest absolute Gasteiger partial charge is 0.164 e. The minimum Gasteiger partial charge on any atom is -0.291 e. The van der Waals surface area contributed by atoms with E-state index in [1.165, 1.54) is 0 Å². The van der Waals surface area contributed by atoms with Gasteiger partial charge in [-0.1, -0.05) is 103 Å². The first-order valence-corrected chi connectivity index (χ1v) is 17.6. The summed E-state index contributed by atoms with van der Waals surface area (Å²) in [6, 6.07) is 50.5. The summed E-state index contributed by atoms with van der Waals surface area (Å²) in [7, 11) is 0. The third kappa shape index (κ3) is 5.39. The molecular formula is C45H29N9. The zero-order chi connectivity index (χ0) is 35.8. The van der Waals surface area contributed by atoms with Crippen molar-refractivity contribution in [3.05, 3.63) is 176 Å². The molecule has 0 aliphatic carbocycles. The van der Waals surface area contributed by atoms with Crippen LogP contribution in [-0.4, -0.2) is 44.0 Å². The lowest BCUT2D eigenvalue weighted by molar-refractivity contribution is 1.06. The van der Waals surface area contributed by atoms with Crippen molar-refractivity contribution in [1.29, 1.82) is 0 Å². The van der Waals surface area contributed by atoms with E-state index in [1.807, 2.05) is 140 Å². The molecule has 0 saturated carbocycles. The van der Waals surface area contributed by atoms with E-state index >= 15 is 0 Å². The van der Waals surface area contributed by atoms with E-state index < -0.39 is 0 Å². The normalized spacial score (nSPS) is 11.3. The second kappa shape index (κ2) is 13.2. The van der Waals surface area contributed by atoms with E-state index in [1.54, 1.807) is 12.4 Å². The molecule has 0 unspecified atom stereocenters. The molecule has 0 aliphatic heterocycles. The maximum atomic E-state index is 5.26. The van der Waals surface area contributed by atoms with Gasteiger partial charge in [0.1, 0.15) is 11.6 Å². The summed E-state index contributed by atoms with van der Waals surface area (Å²) in [5.74, 6) is 3.12. The molecule has 9 nitrogen and oxygen atoms in total. The van der Waals surface area contributed by atoms with Crippen molar-refractivity contribution in [2.24, 2.45) is 0 Å². The van der Waals surface area contributed by atoms with E-state index in [0.29, 0.717) is 17.5 Å². The molecule has 5 heterocycles. The molecule has 0 radical (unpaired) electrons. The number of hydrogen-bond donors (Lipinski definition) is 0. The molecule has 0 fully saturated rings. The first-order valence-electron chi connectivity index (χ1n) is 17.6. The lowest BCUT2D eigenvalue weighted by Gasteiger charge is -2.15. The third-order valence-electron chi connectivity index (χ3n) is 9.41. The van der Waals surface area contributed by atoms with Crippen molar-refractivity contribution in [2.45, 2.75) is 0 Å². The van der Waals surface area contributed by atoms with Gasteiger partial charge in [0.2, 0.25) is 0 Å². The summed E-state index contributed by atoms with van der Waals surface area (Å²) in [4.78, 5) is 34.8. The molecule has 0 bridgehead atoms. The number of benzene rings is 5. The van der Waals surface area contributed by atoms with Crippen molar-refractivity contribution < 1.29 is 0 Å². The number of aromatic nitrogens is 9. The quantitative estimate of drug-likeness (QED) is 0.164. The van der Waals surface area contributed by atoms with Crippen molar-refractivity contribution >= 4 is 22.1 Å². The average Bonchev–Trinajstić information content (AvgIpc) is 3.84. The monoisotopic (exact) mass is 695 g/mol. The fourth-order valence-corrected chi connectivity index (χ4v) is 6.99. The molecule has 54 heavy (non-hydrogen) atoms. The summed E-state index contributed by atoms with van der Waals surface area (Å²) >= 11 is 0. The third-order valence-corrected chi connectivity index (χ3v) is 9.41. The molecule has 10 aromatic rings. The van der Waals surface area contributed by atoms with E-state index in [4.69, 9.17) is 24.9 Å². The molecule has 5 aromatic heterocycles. The van der Waals surface area contributed by atoms with Crippen LogP contribution in [0.3, 0.4) is 0 Å². The predicted molar refractivity (Wildman–Crippen MR) is 212 cm³/mol. The highest BCUT2D eigenvalue weighted by Crippen LogP contribution is 2.38. The molecule has 0 saturated heterocycles. The summed E-state index contributed by atoms with van der Waals surface area (Å²) in [5, 5.41) is 0. The standard InChI is InChI=1S/C45H29N9/c1-2-14-30(15-3-1)41-50-42(33-18-4-6-20-35(33)44-48-37-22-8-10-24-39(37)53(44)31-16-12-26-46-28-31)52-43(51-41)34-19-5-7-21-36(34)45-49-38-23-9-11-25-40(38)54(45)32-17-13-27-47-29-32/h1-29H. The minimum absolute atomic E-state index is 0.523. The predicted octanol–water partition coefficient (Wildman–Crippen LogP) is 9.67. The second-order valence-electron chi connectivity index (χ2n) is 12.7. The number of hydrogen-bond acceptors (Lipinski definition) is 7. The van der Waals surface area contributed by atoms with Crippen molar-refractivity contribution in [3.8, 4) is 68.3 Å². The minimum atomic E-state index is 0.523. The zero-order valence-corrected chi connectivity index (χ0v) is 28.8. The molecule has 0 atom stereocenters. The Morgan fingerprint density at radius 1 is 0.333 bits per heavy atom. The van der Waals surface area contributed by atoms with E-state index in [0.717, 1.165) is 72.9 Å². The maximum absolute atomic E-state index is 5.26. The Morgan fingerprint density at radius 2 is 0.759 bits per heavy atom. The Balaban J connectivity index is 1.22. The van der Waals surface area contributed by atoms with Crippen LogP contribution in [0.5, 0.6) is 0 Å². The Morgan fingerprint density at radius 3 is 1.24 bits per heavy atom. The van der Waals surface area contributed by atoms with Crippen LogP contribution in [0.1, 0.15) is 0 Å². The van der Waals surface area contributed by atoms with Crippen molar-refractivity contribution in [3.63, 3.8) is 0 Å². The highest BCUT2D eigenvalue weighted by atomic mass is 15.1. The van der Waals surface area contributed by atoms with Gasteiger partial charge in [0.05, 0.1) is 45.8 Å². The number of rotatable bonds is 7. The summed E-state index contributed by atoms with van der Waals surface area (Å²) < 4.78 is 4.28. The van der Waals surface area contributed by atoms with E-state index in [2.05, 4.69) is 43.4 Å². The van der Waals surface area contributed by atoms with Crippen LogP contribution in [0.2, 0.25) is 0 Å². The lowest BCUT2D eigenvalue weighted by Crippen LogP contribution is -2.04.